The first-order valence-electron chi connectivity index (χ1n) is 12.7. The van der Waals surface area contributed by atoms with Gasteiger partial charge in [-0.2, -0.15) is 0 Å². The lowest BCUT2D eigenvalue weighted by Gasteiger charge is -2.38. The maximum absolute atomic E-state index is 14.9. The second-order valence-electron chi connectivity index (χ2n) is 9.47. The fourth-order valence-electron chi connectivity index (χ4n) is 5.06. The molecule has 3 unspecified atom stereocenters. The van der Waals surface area contributed by atoms with E-state index in [0.717, 1.165) is 6.42 Å². The van der Waals surface area contributed by atoms with Crippen molar-refractivity contribution in [1.82, 2.24) is 20.9 Å². The molecule has 1 saturated heterocycles. The van der Waals surface area contributed by atoms with Crippen LogP contribution in [0.15, 0.2) is 18.2 Å². The van der Waals surface area contributed by atoms with E-state index in [9.17, 15) is 14.0 Å². The summed E-state index contributed by atoms with van der Waals surface area (Å²) in [6, 6.07) is 4.46. The van der Waals surface area contributed by atoms with Gasteiger partial charge in [0, 0.05) is 31.2 Å². The van der Waals surface area contributed by atoms with Crippen LogP contribution in [0.5, 0.6) is 0 Å². The number of rotatable bonds is 11. The average Bonchev–Trinajstić information content (AvgIpc) is 2.87. The van der Waals surface area contributed by atoms with Crippen LogP contribution in [-0.2, 0) is 9.47 Å². The zero-order valence-corrected chi connectivity index (χ0v) is 21.6. The molecule has 1 aromatic carbocycles. The highest BCUT2D eigenvalue weighted by Gasteiger charge is 2.34. The highest BCUT2D eigenvalue weighted by Crippen LogP contribution is 2.31. The Bertz CT molecular complexity index is 858. The summed E-state index contributed by atoms with van der Waals surface area (Å²) in [4.78, 5) is 25.6. The van der Waals surface area contributed by atoms with Gasteiger partial charge in [-0.25, -0.2) is 14.0 Å². The van der Waals surface area contributed by atoms with Crippen LogP contribution < -0.4 is 16.0 Å². The van der Waals surface area contributed by atoms with Crippen LogP contribution in [0.1, 0.15) is 50.2 Å². The first-order chi connectivity index (χ1) is 17.4. The number of hydrogen-bond donors (Lipinski definition) is 4. The molecule has 1 aromatic rings. The minimum absolute atomic E-state index is 0.000604. The predicted molar refractivity (Wildman–Crippen MR) is 135 cm³/mol. The van der Waals surface area contributed by atoms with Crippen molar-refractivity contribution in [2.24, 2.45) is 5.92 Å². The number of benzene rings is 1. The van der Waals surface area contributed by atoms with Crippen LogP contribution in [0, 0.1) is 11.7 Å². The lowest BCUT2D eigenvalue weighted by atomic mass is 9.85. The van der Waals surface area contributed by atoms with E-state index < -0.39 is 24.1 Å². The number of likely N-dealkylation sites (N-methyl/N-ethyl adjacent to an activating group) is 1. The third-order valence-corrected chi connectivity index (χ3v) is 7.09. The predicted octanol–water partition coefficient (Wildman–Crippen LogP) is 3.77. The highest BCUT2D eigenvalue weighted by atomic mass is 35.5. The number of ether oxygens (including phenoxy) is 2. The maximum atomic E-state index is 14.9. The number of morpholine rings is 1. The van der Waals surface area contributed by atoms with Crippen molar-refractivity contribution >= 4 is 23.7 Å². The number of carboxylic acid groups (broad SMARTS) is 1. The van der Waals surface area contributed by atoms with Gasteiger partial charge in [0.05, 0.1) is 24.8 Å². The minimum atomic E-state index is -1.18. The minimum Gasteiger partial charge on any atom is -0.465 e. The topological polar surface area (TPSA) is 112 Å². The Hall–Kier alpha value is -2.14. The molecular formula is C25H38ClFN4O5. The third-order valence-electron chi connectivity index (χ3n) is 6.80. The number of urea groups is 1. The first-order valence-corrected chi connectivity index (χ1v) is 13.1. The molecule has 36 heavy (non-hydrogen) atoms. The van der Waals surface area contributed by atoms with Gasteiger partial charge in [-0.1, -0.05) is 55.8 Å². The molecule has 2 aliphatic rings. The molecule has 9 nitrogen and oxygen atoms in total. The molecule has 3 amide bonds. The van der Waals surface area contributed by atoms with Gasteiger partial charge < -0.3 is 35.4 Å². The second kappa shape index (κ2) is 14.6. The number of halogens is 2. The molecule has 1 heterocycles. The van der Waals surface area contributed by atoms with Crippen molar-refractivity contribution in [3.63, 3.8) is 0 Å². The Labute approximate surface area is 217 Å². The zero-order valence-electron chi connectivity index (χ0n) is 20.8. The van der Waals surface area contributed by atoms with E-state index in [0.29, 0.717) is 19.0 Å². The fourth-order valence-corrected chi connectivity index (χ4v) is 5.24. The fraction of sp³-hybridized carbons (Fsp3) is 0.680. The number of nitrogens with one attached hydrogen (secondary N) is 3. The standard InChI is InChI=1S/C25H38ClFN4O5/c1-28-15-18(14-17-6-3-2-4-7-17)30-24(32)31-11-13-35-21(16-31)23(36-12-10-29-25(33)34)19-8-5-9-20(26)22(19)27/h5,8-9,17-18,21,23,28-29H,2-4,6-7,10-16H2,1H3,(H,30,32)(H,33,34). The van der Waals surface area contributed by atoms with Crippen LogP contribution in [0.3, 0.4) is 0 Å². The summed E-state index contributed by atoms with van der Waals surface area (Å²) in [6.45, 7) is 1.59. The monoisotopic (exact) mass is 528 g/mol. The smallest absolute Gasteiger partial charge is 0.404 e. The zero-order chi connectivity index (χ0) is 25.9. The summed E-state index contributed by atoms with van der Waals surface area (Å²) in [5, 5.41) is 17.3. The Morgan fingerprint density at radius 2 is 2.08 bits per heavy atom. The molecule has 3 rings (SSSR count). The van der Waals surface area contributed by atoms with E-state index in [1.807, 2.05) is 7.05 Å². The summed E-state index contributed by atoms with van der Waals surface area (Å²) >= 11 is 6.00. The van der Waals surface area contributed by atoms with Gasteiger partial charge >= 0.3 is 12.1 Å². The summed E-state index contributed by atoms with van der Waals surface area (Å²) < 4.78 is 26.7. The van der Waals surface area contributed by atoms with E-state index in [1.165, 1.54) is 38.2 Å². The molecule has 0 bridgehead atoms. The lowest BCUT2D eigenvalue weighted by Crippen LogP contribution is -2.54. The highest BCUT2D eigenvalue weighted by molar-refractivity contribution is 6.30. The molecule has 1 aliphatic carbocycles. The molecule has 2 fully saturated rings. The molecule has 1 saturated carbocycles. The Balaban J connectivity index is 1.66. The van der Waals surface area contributed by atoms with Crippen LogP contribution in [-0.4, -0.2) is 80.7 Å². The van der Waals surface area contributed by atoms with Crippen LogP contribution >= 0.6 is 11.6 Å². The van der Waals surface area contributed by atoms with Crippen molar-refractivity contribution in [3.05, 3.63) is 34.6 Å². The van der Waals surface area contributed by atoms with E-state index in [4.69, 9.17) is 26.2 Å². The van der Waals surface area contributed by atoms with Crippen LogP contribution in [0.2, 0.25) is 5.02 Å². The van der Waals surface area contributed by atoms with Gasteiger partial charge in [-0.05, 0) is 25.5 Å². The molecule has 0 radical (unpaired) electrons. The van der Waals surface area contributed by atoms with E-state index in [2.05, 4.69) is 16.0 Å². The Morgan fingerprint density at radius 1 is 1.31 bits per heavy atom. The van der Waals surface area contributed by atoms with Gasteiger partial charge in [0.1, 0.15) is 18.0 Å². The summed E-state index contributed by atoms with van der Waals surface area (Å²) in [6.07, 6.45) is 4.44. The van der Waals surface area contributed by atoms with Crippen molar-refractivity contribution in [2.45, 2.75) is 56.8 Å². The van der Waals surface area contributed by atoms with Crippen molar-refractivity contribution in [1.29, 1.82) is 0 Å². The quantitative estimate of drug-likeness (QED) is 0.325. The molecule has 3 atom stereocenters. The largest absolute Gasteiger partial charge is 0.465 e. The van der Waals surface area contributed by atoms with Gasteiger partial charge in [-0.15, -0.1) is 0 Å². The van der Waals surface area contributed by atoms with Gasteiger partial charge in [0.2, 0.25) is 0 Å². The molecule has 0 aromatic heterocycles. The van der Waals surface area contributed by atoms with E-state index in [-0.39, 0.29) is 49.0 Å². The SMILES string of the molecule is CNCC(CC1CCCCC1)NC(=O)N1CCOC(C(OCCNC(=O)O)c2cccc(Cl)c2F)C1. The van der Waals surface area contributed by atoms with Crippen molar-refractivity contribution < 1.29 is 28.6 Å². The van der Waals surface area contributed by atoms with Crippen molar-refractivity contribution in [2.75, 3.05) is 46.4 Å². The van der Waals surface area contributed by atoms with E-state index >= 15 is 0 Å². The van der Waals surface area contributed by atoms with Gasteiger partial charge in [-0.3, -0.25) is 0 Å². The number of amides is 3. The number of hydrogen-bond acceptors (Lipinski definition) is 5. The Kier molecular flexibility index (Phi) is 11.5. The molecule has 11 heteroatoms. The molecule has 1 aliphatic heterocycles. The Morgan fingerprint density at radius 3 is 2.81 bits per heavy atom. The van der Waals surface area contributed by atoms with Crippen LogP contribution in [0.25, 0.3) is 0 Å². The normalized spacial score (nSPS) is 20.5. The molecule has 0 spiro atoms. The van der Waals surface area contributed by atoms with Crippen LogP contribution in [0.4, 0.5) is 14.0 Å². The maximum Gasteiger partial charge on any atom is 0.404 e. The number of carbonyl (C=O) groups is 2. The average molecular weight is 529 g/mol. The van der Waals surface area contributed by atoms with E-state index in [1.54, 1.807) is 17.0 Å². The lowest BCUT2D eigenvalue weighted by molar-refractivity contribution is -0.106. The summed E-state index contributed by atoms with van der Waals surface area (Å²) in [5.41, 5.74) is 0.204. The van der Waals surface area contributed by atoms with Gasteiger partial charge in [0.15, 0.2) is 0 Å². The van der Waals surface area contributed by atoms with Gasteiger partial charge in [0.25, 0.3) is 0 Å². The molecule has 202 valence electrons. The number of carbonyl (C=O) groups excluding carboxylic acids is 1. The van der Waals surface area contributed by atoms with Crippen molar-refractivity contribution in [3.8, 4) is 0 Å². The molecular weight excluding hydrogens is 491 g/mol. The molecule has 4 N–H and O–H groups in total. The summed E-state index contributed by atoms with van der Waals surface area (Å²) in [5.74, 6) is -0.0000594. The third kappa shape index (κ3) is 8.47. The summed E-state index contributed by atoms with van der Waals surface area (Å²) in [7, 11) is 1.88. The number of nitrogens with zero attached hydrogens (tertiary/aromatic N) is 1. The first kappa shape index (κ1) is 28.4. The second-order valence-corrected chi connectivity index (χ2v) is 9.87.